The van der Waals surface area contributed by atoms with Gasteiger partial charge in [-0.2, -0.15) is 0 Å². The van der Waals surface area contributed by atoms with E-state index in [-0.39, 0.29) is 6.61 Å². The first kappa shape index (κ1) is 7.81. The maximum atomic E-state index is 8.23. The van der Waals surface area contributed by atoms with Crippen molar-refractivity contribution in [2.75, 3.05) is 12.5 Å². The molecule has 0 aromatic carbocycles. The summed E-state index contributed by atoms with van der Waals surface area (Å²) in [6, 6.07) is 0. The first-order chi connectivity index (χ1) is 3.91. The molecule has 0 saturated heterocycles. The third-order valence-corrected chi connectivity index (χ3v) is 0.770. The van der Waals surface area contributed by atoms with Gasteiger partial charge in [-0.1, -0.05) is 0 Å². The first-order valence-corrected chi connectivity index (χ1v) is 3.08. The molecule has 0 unspecified atom stereocenters. The molecule has 0 aromatic heterocycles. The third-order valence-electron chi connectivity index (χ3n) is 0.581. The van der Waals surface area contributed by atoms with Crippen LogP contribution in [-0.4, -0.2) is 17.6 Å². The Bertz CT molecular complexity index is 80.4. The molecule has 0 saturated carbocycles. The zero-order valence-corrected chi connectivity index (χ0v) is 5.41. The van der Waals surface area contributed by atoms with Crippen molar-refractivity contribution in [1.82, 2.24) is 0 Å². The zero-order chi connectivity index (χ0) is 6.24. The van der Waals surface area contributed by atoms with E-state index in [9.17, 15) is 0 Å². The highest BCUT2D eigenvalue weighted by atomic mass is 35.5. The van der Waals surface area contributed by atoms with Crippen LogP contribution >= 0.6 is 11.6 Å². The molecule has 0 rings (SSSR count). The Morgan fingerprint density at radius 3 is 2.38 bits per heavy atom. The fraction of sp³-hybridized carbons (Fsp3) is 0.667. The van der Waals surface area contributed by atoms with Crippen LogP contribution in [0.1, 0.15) is 12.8 Å². The molecule has 0 aliphatic rings. The summed E-state index contributed by atoms with van der Waals surface area (Å²) in [5, 5.41) is 8.23. The van der Waals surface area contributed by atoms with E-state index in [1.54, 1.807) is 0 Å². The van der Waals surface area contributed by atoms with Gasteiger partial charge in [0.25, 0.3) is 0 Å². The number of alkyl halides is 1. The number of rotatable bonds is 2. The van der Waals surface area contributed by atoms with Crippen LogP contribution in [-0.2, 0) is 0 Å². The average Bonchev–Trinajstić information content (AvgIpc) is 1.81. The molecule has 0 amide bonds. The Morgan fingerprint density at radius 2 is 1.88 bits per heavy atom. The van der Waals surface area contributed by atoms with Crippen molar-refractivity contribution >= 4 is 11.6 Å². The lowest BCUT2D eigenvalue weighted by Crippen LogP contribution is -1.76. The highest BCUT2D eigenvalue weighted by Crippen LogP contribution is 1.80. The number of hydrogen-bond acceptors (Lipinski definition) is 1. The molecule has 0 aliphatic heterocycles. The van der Waals surface area contributed by atoms with Gasteiger partial charge in [0.2, 0.25) is 0 Å². The van der Waals surface area contributed by atoms with E-state index in [0.29, 0.717) is 12.3 Å². The van der Waals surface area contributed by atoms with Gasteiger partial charge in [0, 0.05) is 18.7 Å². The molecule has 8 heavy (non-hydrogen) atoms. The van der Waals surface area contributed by atoms with E-state index in [4.69, 9.17) is 16.7 Å². The number of aliphatic hydroxyl groups is 1. The Kier molecular flexibility index (Phi) is 6.65. The van der Waals surface area contributed by atoms with Gasteiger partial charge in [-0.3, -0.25) is 0 Å². The minimum absolute atomic E-state index is 0.148. The first-order valence-electron chi connectivity index (χ1n) is 2.54. The van der Waals surface area contributed by atoms with Crippen LogP contribution in [0.3, 0.4) is 0 Å². The van der Waals surface area contributed by atoms with Gasteiger partial charge in [0.1, 0.15) is 0 Å². The van der Waals surface area contributed by atoms with Gasteiger partial charge >= 0.3 is 0 Å². The van der Waals surface area contributed by atoms with E-state index in [1.807, 2.05) is 0 Å². The topological polar surface area (TPSA) is 20.2 Å². The summed E-state index contributed by atoms with van der Waals surface area (Å²) in [6.07, 6.45) is 1.29. The van der Waals surface area contributed by atoms with Crippen molar-refractivity contribution in [3.05, 3.63) is 0 Å². The maximum Gasteiger partial charge on any atom is 0.0540 e. The predicted molar refractivity (Wildman–Crippen MR) is 34.8 cm³/mol. The van der Waals surface area contributed by atoms with E-state index in [1.165, 1.54) is 0 Å². The summed E-state index contributed by atoms with van der Waals surface area (Å²) in [5.74, 6) is 6.13. The van der Waals surface area contributed by atoms with Crippen molar-refractivity contribution < 1.29 is 5.11 Å². The fourth-order valence-corrected chi connectivity index (χ4v) is 0.374. The van der Waals surface area contributed by atoms with Gasteiger partial charge in [0.05, 0.1) is 6.61 Å². The minimum Gasteiger partial charge on any atom is -0.395 e. The molecule has 0 heterocycles. The van der Waals surface area contributed by atoms with Crippen molar-refractivity contribution in [2.24, 2.45) is 0 Å². The summed E-state index contributed by atoms with van der Waals surface area (Å²) < 4.78 is 0. The van der Waals surface area contributed by atoms with Crippen LogP contribution in [0.4, 0.5) is 0 Å². The fourth-order valence-electron chi connectivity index (χ4n) is 0.280. The minimum atomic E-state index is 0.148. The Balaban J connectivity index is 2.95. The van der Waals surface area contributed by atoms with Crippen molar-refractivity contribution in [1.29, 1.82) is 0 Å². The van der Waals surface area contributed by atoms with Crippen LogP contribution in [0.15, 0.2) is 0 Å². The van der Waals surface area contributed by atoms with Gasteiger partial charge in [-0.15, -0.1) is 23.4 Å². The molecule has 1 N–H and O–H groups in total. The maximum absolute atomic E-state index is 8.23. The molecule has 0 aromatic rings. The molecule has 0 radical (unpaired) electrons. The zero-order valence-electron chi connectivity index (χ0n) is 4.65. The standard InChI is InChI=1S/C6H9ClO/c7-5-3-1-2-4-6-8/h8H,3-6H2. The van der Waals surface area contributed by atoms with Crippen molar-refractivity contribution in [3.63, 3.8) is 0 Å². The molecule has 2 heteroatoms. The highest BCUT2D eigenvalue weighted by molar-refractivity contribution is 6.17. The van der Waals surface area contributed by atoms with Crippen molar-refractivity contribution in [2.45, 2.75) is 12.8 Å². The Hall–Kier alpha value is -0.190. The number of hydrogen-bond donors (Lipinski definition) is 1. The lowest BCUT2D eigenvalue weighted by molar-refractivity contribution is 0.305. The normalized spacial score (nSPS) is 7.75. The third kappa shape index (κ3) is 5.81. The van der Waals surface area contributed by atoms with E-state index >= 15 is 0 Å². The Labute approximate surface area is 54.7 Å². The molecular weight excluding hydrogens is 124 g/mol. The summed E-state index contributed by atoms with van der Waals surface area (Å²) in [5.41, 5.74) is 0. The van der Waals surface area contributed by atoms with Crippen molar-refractivity contribution in [3.8, 4) is 11.8 Å². The van der Waals surface area contributed by atoms with Crippen LogP contribution in [0.25, 0.3) is 0 Å². The summed E-state index contributed by atoms with van der Waals surface area (Å²) >= 11 is 5.32. The van der Waals surface area contributed by atoms with Gasteiger partial charge in [0.15, 0.2) is 0 Å². The molecule has 0 spiro atoms. The molecule has 0 bridgehead atoms. The van der Waals surface area contributed by atoms with Crippen LogP contribution in [0.5, 0.6) is 0 Å². The molecule has 0 atom stereocenters. The quantitative estimate of drug-likeness (QED) is 0.439. The summed E-state index contributed by atoms with van der Waals surface area (Å²) in [7, 11) is 0. The van der Waals surface area contributed by atoms with E-state index in [2.05, 4.69) is 11.8 Å². The monoisotopic (exact) mass is 132 g/mol. The molecule has 0 aliphatic carbocycles. The lowest BCUT2D eigenvalue weighted by Gasteiger charge is -1.77. The van der Waals surface area contributed by atoms with Gasteiger partial charge in [-0.05, 0) is 0 Å². The van der Waals surface area contributed by atoms with E-state index in [0.717, 1.165) is 6.42 Å². The number of halogens is 1. The molecule has 0 fully saturated rings. The van der Waals surface area contributed by atoms with Gasteiger partial charge < -0.3 is 5.11 Å². The number of aliphatic hydroxyl groups excluding tert-OH is 1. The second kappa shape index (κ2) is 6.81. The largest absolute Gasteiger partial charge is 0.395 e. The van der Waals surface area contributed by atoms with Crippen LogP contribution in [0.2, 0.25) is 0 Å². The van der Waals surface area contributed by atoms with Gasteiger partial charge in [-0.25, -0.2) is 0 Å². The second-order valence-electron chi connectivity index (χ2n) is 1.27. The summed E-state index contributed by atoms with van der Waals surface area (Å²) in [6.45, 7) is 0.148. The van der Waals surface area contributed by atoms with Crippen LogP contribution < -0.4 is 0 Å². The average molecular weight is 133 g/mol. The lowest BCUT2D eigenvalue weighted by atomic mass is 10.4. The van der Waals surface area contributed by atoms with E-state index < -0.39 is 0 Å². The smallest absolute Gasteiger partial charge is 0.0540 e. The predicted octanol–water partition coefficient (Wildman–Crippen LogP) is 1.00. The molecule has 46 valence electrons. The summed E-state index contributed by atoms with van der Waals surface area (Å²) in [4.78, 5) is 0. The highest BCUT2D eigenvalue weighted by Gasteiger charge is 1.71. The Morgan fingerprint density at radius 1 is 1.25 bits per heavy atom. The van der Waals surface area contributed by atoms with Crippen LogP contribution in [0, 0.1) is 11.8 Å². The second-order valence-corrected chi connectivity index (χ2v) is 1.64. The SMILES string of the molecule is OCCC#CCCCl. The molecule has 1 nitrogen and oxygen atoms in total. The molecular formula is C6H9ClO.